The van der Waals surface area contributed by atoms with Crippen LogP contribution in [0.15, 0.2) is 6.07 Å². The van der Waals surface area contributed by atoms with Crippen molar-refractivity contribution >= 4 is 17.7 Å². The standard InChI is InChI=1S/C23H34F3N5O3/c1-4-15(2)20(32)27-19(16-8-6-5-7-9-16)22(34)31-12-10-30(11-13-31)21(33)17-14-18(23(24,25)26)28-29(17)3/h14-16,19H,4-13H2,1-3H3,(H,27,32)/t15-,19+/m1/s1. The van der Waals surface area contributed by atoms with Crippen LogP contribution < -0.4 is 5.32 Å². The Hall–Kier alpha value is -2.59. The Morgan fingerprint density at radius 2 is 1.68 bits per heavy atom. The first-order valence-corrected chi connectivity index (χ1v) is 12.0. The Balaban J connectivity index is 1.66. The fourth-order valence-corrected chi connectivity index (χ4v) is 4.62. The topological polar surface area (TPSA) is 87.5 Å². The molecule has 8 nitrogen and oxygen atoms in total. The maximum absolute atomic E-state index is 13.4. The van der Waals surface area contributed by atoms with E-state index < -0.39 is 23.8 Å². The first-order valence-electron chi connectivity index (χ1n) is 12.0. The molecule has 34 heavy (non-hydrogen) atoms. The number of nitrogens with zero attached hydrogens (tertiary/aromatic N) is 4. The summed E-state index contributed by atoms with van der Waals surface area (Å²) in [5.74, 6) is -0.919. The molecular formula is C23H34F3N5O3. The smallest absolute Gasteiger partial charge is 0.344 e. The van der Waals surface area contributed by atoms with Gasteiger partial charge >= 0.3 is 6.18 Å². The minimum Gasteiger partial charge on any atom is -0.344 e. The summed E-state index contributed by atoms with van der Waals surface area (Å²) in [7, 11) is 1.30. The van der Waals surface area contributed by atoms with Gasteiger partial charge in [-0.15, -0.1) is 0 Å². The number of piperazine rings is 1. The molecule has 0 aromatic carbocycles. The Morgan fingerprint density at radius 3 is 2.21 bits per heavy atom. The zero-order valence-corrected chi connectivity index (χ0v) is 20.0. The van der Waals surface area contributed by atoms with Crippen LogP contribution in [-0.2, 0) is 22.8 Å². The molecule has 0 spiro atoms. The van der Waals surface area contributed by atoms with E-state index >= 15 is 0 Å². The van der Waals surface area contributed by atoms with E-state index in [2.05, 4.69) is 10.4 Å². The van der Waals surface area contributed by atoms with Crippen LogP contribution in [0.25, 0.3) is 0 Å². The summed E-state index contributed by atoms with van der Waals surface area (Å²) in [5.41, 5.74) is -1.26. The lowest BCUT2D eigenvalue weighted by Crippen LogP contribution is -2.58. The second-order valence-corrected chi connectivity index (χ2v) is 9.35. The van der Waals surface area contributed by atoms with Crippen molar-refractivity contribution in [1.29, 1.82) is 0 Å². The average molecular weight is 486 g/mol. The van der Waals surface area contributed by atoms with Gasteiger partial charge in [-0.2, -0.15) is 18.3 Å². The summed E-state index contributed by atoms with van der Waals surface area (Å²) in [5, 5.41) is 6.39. The lowest BCUT2D eigenvalue weighted by Gasteiger charge is -2.39. The predicted octanol–water partition coefficient (Wildman–Crippen LogP) is 2.83. The van der Waals surface area contributed by atoms with Gasteiger partial charge in [0.15, 0.2) is 5.69 Å². The molecule has 3 amide bonds. The van der Waals surface area contributed by atoms with Crippen LogP contribution in [0.1, 0.15) is 68.6 Å². The molecule has 0 radical (unpaired) electrons. The molecule has 1 aliphatic carbocycles. The molecule has 0 unspecified atom stereocenters. The van der Waals surface area contributed by atoms with E-state index in [1.807, 2.05) is 13.8 Å². The van der Waals surface area contributed by atoms with Gasteiger partial charge in [0.05, 0.1) is 0 Å². The zero-order valence-electron chi connectivity index (χ0n) is 20.0. The van der Waals surface area contributed by atoms with Crippen molar-refractivity contribution in [3.8, 4) is 0 Å². The third-order valence-electron chi connectivity index (χ3n) is 7.01. The second kappa shape index (κ2) is 10.8. The van der Waals surface area contributed by atoms with Gasteiger partial charge < -0.3 is 15.1 Å². The van der Waals surface area contributed by atoms with E-state index in [1.54, 1.807) is 4.90 Å². The third-order valence-corrected chi connectivity index (χ3v) is 7.01. The molecule has 11 heteroatoms. The van der Waals surface area contributed by atoms with Crippen molar-refractivity contribution < 1.29 is 27.6 Å². The van der Waals surface area contributed by atoms with E-state index in [-0.39, 0.29) is 55.5 Å². The molecule has 1 aliphatic heterocycles. The Kier molecular flexibility index (Phi) is 8.25. The maximum Gasteiger partial charge on any atom is 0.435 e. The monoisotopic (exact) mass is 485 g/mol. The first-order chi connectivity index (χ1) is 16.0. The van der Waals surface area contributed by atoms with Crippen LogP contribution in [-0.4, -0.2) is 69.5 Å². The fraction of sp³-hybridized carbons (Fsp3) is 0.739. The lowest BCUT2D eigenvalue weighted by molar-refractivity contribution is -0.141. The van der Waals surface area contributed by atoms with Gasteiger partial charge in [-0.05, 0) is 25.2 Å². The SMILES string of the molecule is CC[C@@H](C)C(=O)N[C@H](C(=O)N1CCN(C(=O)c2cc(C(F)(F)F)nn2C)CC1)C1CCCCC1. The normalized spacial score (nSPS) is 19.6. The molecule has 190 valence electrons. The molecule has 2 aliphatic rings. The van der Waals surface area contributed by atoms with E-state index in [0.717, 1.165) is 42.9 Å². The summed E-state index contributed by atoms with van der Waals surface area (Å²) >= 11 is 0. The number of carbonyl (C=O) groups excluding carboxylic acids is 3. The van der Waals surface area contributed by atoms with Crippen molar-refractivity contribution in [2.24, 2.45) is 18.9 Å². The number of halogens is 3. The summed E-state index contributed by atoms with van der Waals surface area (Å²) < 4.78 is 39.8. The van der Waals surface area contributed by atoms with E-state index in [0.29, 0.717) is 6.42 Å². The molecule has 1 aromatic rings. The summed E-state index contributed by atoms with van der Waals surface area (Å²) in [6.07, 6.45) is 1.01. The highest BCUT2D eigenvalue weighted by Crippen LogP contribution is 2.29. The highest BCUT2D eigenvalue weighted by molar-refractivity contribution is 5.93. The average Bonchev–Trinajstić information content (AvgIpc) is 3.23. The first kappa shape index (κ1) is 26.0. The van der Waals surface area contributed by atoms with Crippen LogP contribution in [0.4, 0.5) is 13.2 Å². The van der Waals surface area contributed by atoms with E-state index in [9.17, 15) is 27.6 Å². The number of hydrogen-bond acceptors (Lipinski definition) is 4. The quantitative estimate of drug-likeness (QED) is 0.671. The molecule has 1 N–H and O–H groups in total. The number of amides is 3. The number of hydrogen-bond donors (Lipinski definition) is 1. The van der Waals surface area contributed by atoms with Crippen molar-refractivity contribution in [2.75, 3.05) is 26.2 Å². The van der Waals surface area contributed by atoms with Crippen molar-refractivity contribution in [1.82, 2.24) is 24.9 Å². The lowest BCUT2D eigenvalue weighted by atomic mass is 9.83. The Labute approximate surface area is 197 Å². The maximum atomic E-state index is 13.4. The number of nitrogens with one attached hydrogen (secondary N) is 1. The minimum atomic E-state index is -4.63. The number of carbonyl (C=O) groups is 3. The molecule has 3 rings (SSSR count). The van der Waals surface area contributed by atoms with Crippen molar-refractivity contribution in [2.45, 2.75) is 64.6 Å². The summed E-state index contributed by atoms with van der Waals surface area (Å²) in [4.78, 5) is 41.9. The van der Waals surface area contributed by atoms with Crippen LogP contribution >= 0.6 is 0 Å². The largest absolute Gasteiger partial charge is 0.435 e. The van der Waals surface area contributed by atoms with Crippen LogP contribution in [0, 0.1) is 11.8 Å². The molecule has 2 atom stereocenters. The molecule has 1 aromatic heterocycles. The molecule has 1 saturated heterocycles. The zero-order chi connectivity index (χ0) is 25.0. The van der Waals surface area contributed by atoms with Crippen LogP contribution in [0.3, 0.4) is 0 Å². The van der Waals surface area contributed by atoms with Crippen LogP contribution in [0.5, 0.6) is 0 Å². The molecule has 1 saturated carbocycles. The van der Waals surface area contributed by atoms with Gasteiger partial charge in [0, 0.05) is 45.2 Å². The van der Waals surface area contributed by atoms with Gasteiger partial charge in [0.25, 0.3) is 5.91 Å². The summed E-state index contributed by atoms with van der Waals surface area (Å²) in [6.45, 7) is 4.69. The predicted molar refractivity (Wildman–Crippen MR) is 119 cm³/mol. The number of alkyl halides is 3. The number of aromatic nitrogens is 2. The molecular weight excluding hydrogens is 451 g/mol. The number of rotatable bonds is 6. The van der Waals surface area contributed by atoms with Crippen molar-refractivity contribution in [3.05, 3.63) is 17.5 Å². The van der Waals surface area contributed by atoms with E-state index in [4.69, 9.17) is 0 Å². The van der Waals surface area contributed by atoms with E-state index in [1.165, 1.54) is 11.9 Å². The highest BCUT2D eigenvalue weighted by Gasteiger charge is 2.38. The van der Waals surface area contributed by atoms with Crippen molar-refractivity contribution in [3.63, 3.8) is 0 Å². The Bertz CT molecular complexity index is 887. The fourth-order valence-electron chi connectivity index (χ4n) is 4.62. The van der Waals surface area contributed by atoms with Gasteiger partial charge in [-0.1, -0.05) is 33.1 Å². The van der Waals surface area contributed by atoms with Gasteiger partial charge in [0.2, 0.25) is 11.8 Å². The third kappa shape index (κ3) is 5.90. The van der Waals surface area contributed by atoms with Crippen LogP contribution in [0.2, 0.25) is 0 Å². The Morgan fingerprint density at radius 1 is 1.09 bits per heavy atom. The highest BCUT2D eigenvalue weighted by atomic mass is 19.4. The summed E-state index contributed by atoms with van der Waals surface area (Å²) in [6, 6.07) is 0.166. The molecule has 2 heterocycles. The van der Waals surface area contributed by atoms with Gasteiger partial charge in [-0.3, -0.25) is 19.1 Å². The molecule has 0 bridgehead atoms. The second-order valence-electron chi connectivity index (χ2n) is 9.35. The van der Waals surface area contributed by atoms with Gasteiger partial charge in [-0.25, -0.2) is 0 Å². The minimum absolute atomic E-state index is 0.0872. The van der Waals surface area contributed by atoms with Gasteiger partial charge in [0.1, 0.15) is 11.7 Å². The molecule has 2 fully saturated rings. The number of aryl methyl sites for hydroxylation is 1.